The maximum atomic E-state index is 13.5. The number of hydrogen-bond acceptors (Lipinski definition) is 3. The standard InChI is InChI=1S/C14H13FN2O3S/c1-17(8-9-4-3-7-21-9)14(20)16-11-6-2-5-10(15)12(11)13(18)19/h2-7H,8H2,1H3,(H,16,20)(H,18,19). The number of aromatic carboxylic acids is 1. The van der Waals surface area contributed by atoms with Crippen LogP contribution in [0.1, 0.15) is 15.2 Å². The Kier molecular flexibility index (Phi) is 4.54. The summed E-state index contributed by atoms with van der Waals surface area (Å²) in [5.74, 6) is -2.31. The SMILES string of the molecule is CN(Cc1cccs1)C(=O)Nc1cccc(F)c1C(=O)O. The first kappa shape index (κ1) is 15.0. The van der Waals surface area contributed by atoms with Crippen LogP contribution in [0.3, 0.4) is 0 Å². The minimum atomic E-state index is -1.43. The Morgan fingerprint density at radius 2 is 2.10 bits per heavy atom. The molecule has 2 rings (SSSR count). The van der Waals surface area contributed by atoms with E-state index in [-0.39, 0.29) is 5.69 Å². The molecule has 1 heterocycles. The molecule has 0 spiro atoms. The van der Waals surface area contributed by atoms with Gasteiger partial charge in [0.1, 0.15) is 11.4 Å². The minimum absolute atomic E-state index is 0.0643. The highest BCUT2D eigenvalue weighted by Gasteiger charge is 2.18. The van der Waals surface area contributed by atoms with Crippen molar-refractivity contribution in [3.8, 4) is 0 Å². The Labute approximate surface area is 124 Å². The van der Waals surface area contributed by atoms with E-state index in [0.29, 0.717) is 6.54 Å². The molecule has 21 heavy (non-hydrogen) atoms. The number of anilines is 1. The third-order valence-electron chi connectivity index (χ3n) is 2.79. The zero-order valence-corrected chi connectivity index (χ0v) is 12.0. The summed E-state index contributed by atoms with van der Waals surface area (Å²) in [5.41, 5.74) is -0.610. The molecule has 1 aromatic carbocycles. The third-order valence-corrected chi connectivity index (χ3v) is 3.65. The molecule has 0 radical (unpaired) electrons. The Morgan fingerprint density at radius 3 is 2.71 bits per heavy atom. The Bertz CT molecular complexity index is 658. The van der Waals surface area contributed by atoms with Gasteiger partial charge >= 0.3 is 12.0 Å². The number of nitrogens with one attached hydrogen (secondary N) is 1. The molecule has 2 amide bonds. The number of carbonyl (C=O) groups is 2. The van der Waals surface area contributed by atoms with E-state index in [2.05, 4.69) is 5.32 Å². The maximum Gasteiger partial charge on any atom is 0.340 e. The van der Waals surface area contributed by atoms with E-state index in [9.17, 15) is 14.0 Å². The number of halogens is 1. The summed E-state index contributed by atoms with van der Waals surface area (Å²) >= 11 is 1.51. The lowest BCUT2D eigenvalue weighted by Gasteiger charge is -2.18. The normalized spacial score (nSPS) is 10.2. The predicted octanol–water partition coefficient (Wildman–Crippen LogP) is 3.25. The van der Waals surface area contributed by atoms with Crippen molar-refractivity contribution in [2.45, 2.75) is 6.54 Å². The molecule has 5 nitrogen and oxygen atoms in total. The fourth-order valence-corrected chi connectivity index (χ4v) is 2.52. The average molecular weight is 308 g/mol. The second-order valence-corrected chi connectivity index (χ2v) is 5.37. The van der Waals surface area contributed by atoms with Crippen molar-refractivity contribution in [1.82, 2.24) is 4.90 Å². The smallest absolute Gasteiger partial charge is 0.340 e. The van der Waals surface area contributed by atoms with Crippen LogP contribution in [-0.2, 0) is 6.54 Å². The Balaban J connectivity index is 2.12. The summed E-state index contributed by atoms with van der Waals surface area (Å²) in [7, 11) is 1.58. The quantitative estimate of drug-likeness (QED) is 0.911. The highest BCUT2D eigenvalue weighted by Crippen LogP contribution is 2.20. The summed E-state index contributed by atoms with van der Waals surface area (Å²) < 4.78 is 13.5. The molecule has 0 saturated heterocycles. The van der Waals surface area contributed by atoms with E-state index in [1.165, 1.54) is 28.4 Å². The Hall–Kier alpha value is -2.41. The van der Waals surface area contributed by atoms with E-state index in [1.54, 1.807) is 7.05 Å². The van der Waals surface area contributed by atoms with Crippen LogP contribution >= 0.6 is 11.3 Å². The van der Waals surface area contributed by atoms with Crippen molar-refractivity contribution in [3.63, 3.8) is 0 Å². The number of rotatable bonds is 4. The average Bonchev–Trinajstić information content (AvgIpc) is 2.91. The number of carboxylic acid groups (broad SMARTS) is 1. The van der Waals surface area contributed by atoms with Gasteiger partial charge in [-0.25, -0.2) is 14.0 Å². The number of benzene rings is 1. The number of urea groups is 1. The summed E-state index contributed by atoms with van der Waals surface area (Å²) in [6.07, 6.45) is 0. The van der Waals surface area contributed by atoms with Gasteiger partial charge in [-0.05, 0) is 23.6 Å². The molecule has 0 saturated carbocycles. The third kappa shape index (κ3) is 3.57. The molecule has 2 aromatic rings. The lowest BCUT2D eigenvalue weighted by Crippen LogP contribution is -2.31. The van der Waals surface area contributed by atoms with Crippen LogP contribution in [-0.4, -0.2) is 29.1 Å². The number of thiophene rings is 1. The lowest BCUT2D eigenvalue weighted by molar-refractivity contribution is 0.0693. The largest absolute Gasteiger partial charge is 0.478 e. The molecule has 0 aliphatic rings. The van der Waals surface area contributed by atoms with E-state index in [1.807, 2.05) is 17.5 Å². The topological polar surface area (TPSA) is 69.6 Å². The molecule has 0 bridgehead atoms. The van der Waals surface area contributed by atoms with Crippen LogP contribution in [0.15, 0.2) is 35.7 Å². The molecule has 110 valence electrons. The van der Waals surface area contributed by atoms with Crippen LogP contribution in [0.5, 0.6) is 0 Å². The van der Waals surface area contributed by atoms with Gasteiger partial charge in [-0.2, -0.15) is 0 Å². The van der Waals surface area contributed by atoms with Crippen LogP contribution in [0.25, 0.3) is 0 Å². The summed E-state index contributed by atoms with van der Waals surface area (Å²) in [6, 6.07) is 6.99. The summed E-state index contributed by atoms with van der Waals surface area (Å²) in [5, 5.41) is 13.3. The Morgan fingerprint density at radius 1 is 1.33 bits per heavy atom. The van der Waals surface area contributed by atoms with E-state index < -0.39 is 23.4 Å². The number of nitrogens with zero attached hydrogens (tertiary/aromatic N) is 1. The molecule has 1 aromatic heterocycles. The van der Waals surface area contributed by atoms with Crippen LogP contribution < -0.4 is 5.32 Å². The van der Waals surface area contributed by atoms with Crippen LogP contribution in [0.4, 0.5) is 14.9 Å². The van der Waals surface area contributed by atoms with E-state index in [0.717, 1.165) is 10.9 Å². The van der Waals surface area contributed by atoms with Gasteiger partial charge in [-0.1, -0.05) is 12.1 Å². The fraction of sp³-hybridized carbons (Fsp3) is 0.143. The zero-order chi connectivity index (χ0) is 15.4. The van der Waals surface area contributed by atoms with Gasteiger partial charge in [0.25, 0.3) is 0 Å². The fourth-order valence-electron chi connectivity index (χ4n) is 1.76. The van der Waals surface area contributed by atoms with Gasteiger partial charge < -0.3 is 15.3 Å². The van der Waals surface area contributed by atoms with Crippen molar-refractivity contribution < 1.29 is 19.1 Å². The molecule has 0 aliphatic carbocycles. The lowest BCUT2D eigenvalue weighted by atomic mass is 10.1. The number of amides is 2. The summed E-state index contributed by atoms with van der Waals surface area (Å²) in [4.78, 5) is 25.5. The van der Waals surface area contributed by atoms with Crippen molar-refractivity contribution in [3.05, 3.63) is 52.0 Å². The van der Waals surface area contributed by atoms with Gasteiger partial charge in [0.15, 0.2) is 0 Å². The van der Waals surface area contributed by atoms with Crippen LogP contribution in [0, 0.1) is 5.82 Å². The van der Waals surface area contributed by atoms with Gasteiger partial charge in [-0.3, -0.25) is 0 Å². The zero-order valence-electron chi connectivity index (χ0n) is 11.2. The first-order chi connectivity index (χ1) is 9.99. The minimum Gasteiger partial charge on any atom is -0.478 e. The molecule has 2 N–H and O–H groups in total. The molecular weight excluding hydrogens is 295 g/mol. The first-order valence-corrected chi connectivity index (χ1v) is 6.93. The summed E-state index contributed by atoms with van der Waals surface area (Å²) in [6.45, 7) is 0.390. The van der Waals surface area contributed by atoms with E-state index >= 15 is 0 Å². The van der Waals surface area contributed by atoms with Gasteiger partial charge in [0.2, 0.25) is 0 Å². The van der Waals surface area contributed by atoms with E-state index in [4.69, 9.17) is 5.11 Å². The number of carbonyl (C=O) groups excluding carboxylic acids is 1. The second kappa shape index (κ2) is 6.36. The van der Waals surface area contributed by atoms with Crippen molar-refractivity contribution in [1.29, 1.82) is 0 Å². The second-order valence-electron chi connectivity index (χ2n) is 4.33. The molecule has 0 atom stereocenters. The van der Waals surface area contributed by atoms with Gasteiger partial charge in [0, 0.05) is 11.9 Å². The van der Waals surface area contributed by atoms with Crippen molar-refractivity contribution >= 4 is 29.0 Å². The highest BCUT2D eigenvalue weighted by molar-refractivity contribution is 7.09. The molecule has 0 unspecified atom stereocenters. The van der Waals surface area contributed by atoms with Gasteiger partial charge in [-0.15, -0.1) is 11.3 Å². The number of hydrogen-bond donors (Lipinski definition) is 2. The predicted molar refractivity (Wildman–Crippen MR) is 78.2 cm³/mol. The maximum absolute atomic E-state index is 13.5. The monoisotopic (exact) mass is 308 g/mol. The van der Waals surface area contributed by atoms with Crippen molar-refractivity contribution in [2.24, 2.45) is 0 Å². The first-order valence-electron chi connectivity index (χ1n) is 6.05. The molecular formula is C14H13FN2O3S. The molecule has 0 fully saturated rings. The molecule has 0 aliphatic heterocycles. The van der Waals surface area contributed by atoms with Gasteiger partial charge in [0.05, 0.1) is 12.2 Å². The number of carboxylic acids is 1. The molecule has 7 heteroatoms. The van der Waals surface area contributed by atoms with Crippen LogP contribution in [0.2, 0.25) is 0 Å². The van der Waals surface area contributed by atoms with Crippen molar-refractivity contribution in [2.75, 3.05) is 12.4 Å². The highest BCUT2D eigenvalue weighted by atomic mass is 32.1.